The average molecular weight is 411 g/mol. The van der Waals surface area contributed by atoms with Crippen LogP contribution < -0.4 is 15.5 Å². The highest BCUT2D eigenvalue weighted by Crippen LogP contribution is 2.28. The molecule has 1 fully saturated rings. The Balaban J connectivity index is 1.36. The van der Waals surface area contributed by atoms with E-state index in [9.17, 15) is 0 Å². The van der Waals surface area contributed by atoms with E-state index in [1.54, 1.807) is 0 Å². The second-order valence-electron chi connectivity index (χ2n) is 7.88. The van der Waals surface area contributed by atoms with Crippen molar-refractivity contribution in [1.29, 1.82) is 0 Å². The summed E-state index contributed by atoms with van der Waals surface area (Å²) in [7, 11) is 0. The Kier molecular flexibility index (Phi) is 5.46. The summed E-state index contributed by atoms with van der Waals surface area (Å²) >= 11 is 0. The van der Waals surface area contributed by atoms with Gasteiger partial charge in [0.05, 0.1) is 5.69 Å². The van der Waals surface area contributed by atoms with Crippen LogP contribution in [-0.4, -0.2) is 41.4 Å². The Labute approximate surface area is 182 Å². The topological polar surface area (TPSA) is 71.2 Å². The van der Waals surface area contributed by atoms with E-state index in [1.165, 1.54) is 16.3 Å². The molecule has 0 bridgehead atoms. The SMILES string of the molecule is NCc1ccc(N2CCN(c3nnc(Cc4ccccc4)c4ccccc34)CC2)nc1. The van der Waals surface area contributed by atoms with Gasteiger partial charge in [0.25, 0.3) is 0 Å². The molecule has 1 aliphatic heterocycles. The van der Waals surface area contributed by atoms with Crippen molar-refractivity contribution in [2.24, 2.45) is 5.73 Å². The first kappa shape index (κ1) is 19.5. The van der Waals surface area contributed by atoms with Gasteiger partial charge in [-0.3, -0.25) is 0 Å². The van der Waals surface area contributed by atoms with Gasteiger partial charge in [-0.1, -0.05) is 60.7 Å². The van der Waals surface area contributed by atoms with Crippen molar-refractivity contribution in [3.8, 4) is 0 Å². The first-order chi connectivity index (χ1) is 15.3. The van der Waals surface area contributed by atoms with E-state index < -0.39 is 0 Å². The number of hydrogen-bond donors (Lipinski definition) is 1. The van der Waals surface area contributed by atoms with Gasteiger partial charge in [-0.05, 0) is 17.2 Å². The van der Waals surface area contributed by atoms with Crippen LogP contribution in [0, 0.1) is 0 Å². The zero-order chi connectivity index (χ0) is 21.0. The van der Waals surface area contributed by atoms with Crippen molar-refractivity contribution in [2.45, 2.75) is 13.0 Å². The van der Waals surface area contributed by atoms with E-state index in [4.69, 9.17) is 5.73 Å². The number of fused-ring (bicyclic) bond motifs is 1. The second kappa shape index (κ2) is 8.70. The van der Waals surface area contributed by atoms with Crippen LogP contribution in [0.4, 0.5) is 11.6 Å². The summed E-state index contributed by atoms with van der Waals surface area (Å²) in [5.41, 5.74) is 9.01. The maximum atomic E-state index is 5.69. The zero-order valence-corrected chi connectivity index (χ0v) is 17.5. The minimum atomic E-state index is 0.521. The highest BCUT2D eigenvalue weighted by atomic mass is 15.3. The molecule has 0 spiro atoms. The molecule has 1 aliphatic rings. The van der Waals surface area contributed by atoms with Crippen LogP contribution in [0.2, 0.25) is 0 Å². The maximum absolute atomic E-state index is 5.69. The molecule has 4 aromatic rings. The Morgan fingerprint density at radius 1 is 0.710 bits per heavy atom. The quantitative estimate of drug-likeness (QED) is 0.544. The molecule has 2 N–H and O–H groups in total. The van der Waals surface area contributed by atoms with Crippen LogP contribution in [0.15, 0.2) is 72.9 Å². The number of nitrogens with two attached hydrogens (primary N) is 1. The van der Waals surface area contributed by atoms with Crippen molar-refractivity contribution < 1.29 is 0 Å². The molecule has 0 atom stereocenters. The average Bonchev–Trinajstić information content (AvgIpc) is 2.85. The van der Waals surface area contributed by atoms with E-state index in [1.807, 2.05) is 12.3 Å². The number of aromatic nitrogens is 3. The summed E-state index contributed by atoms with van der Waals surface area (Å²) in [4.78, 5) is 9.23. The highest BCUT2D eigenvalue weighted by molar-refractivity contribution is 5.93. The van der Waals surface area contributed by atoms with Crippen LogP contribution in [0.5, 0.6) is 0 Å². The highest BCUT2D eigenvalue weighted by Gasteiger charge is 2.22. The summed E-state index contributed by atoms with van der Waals surface area (Å²) in [6, 6.07) is 23.0. The number of hydrogen-bond acceptors (Lipinski definition) is 6. The van der Waals surface area contributed by atoms with Crippen LogP contribution in [-0.2, 0) is 13.0 Å². The van der Waals surface area contributed by atoms with Crippen molar-refractivity contribution in [2.75, 3.05) is 36.0 Å². The van der Waals surface area contributed by atoms with Crippen molar-refractivity contribution >= 4 is 22.4 Å². The first-order valence-corrected chi connectivity index (χ1v) is 10.7. The number of pyridine rings is 1. The molecule has 0 aliphatic carbocycles. The minimum absolute atomic E-state index is 0.521. The Bertz CT molecular complexity index is 1150. The molecule has 5 rings (SSSR count). The fourth-order valence-corrected chi connectivity index (χ4v) is 4.17. The summed E-state index contributed by atoms with van der Waals surface area (Å²) in [6.07, 6.45) is 2.65. The third-order valence-electron chi connectivity index (χ3n) is 5.91. The van der Waals surface area contributed by atoms with Crippen LogP contribution in [0.3, 0.4) is 0 Å². The van der Waals surface area contributed by atoms with Crippen LogP contribution in [0.25, 0.3) is 10.8 Å². The van der Waals surface area contributed by atoms with E-state index in [-0.39, 0.29) is 0 Å². The maximum Gasteiger partial charge on any atom is 0.159 e. The van der Waals surface area contributed by atoms with Gasteiger partial charge in [0.15, 0.2) is 5.82 Å². The molecular formula is C25H26N6. The molecule has 31 heavy (non-hydrogen) atoms. The monoisotopic (exact) mass is 410 g/mol. The predicted octanol–water partition coefficient (Wildman–Crippen LogP) is 3.40. The normalized spacial score (nSPS) is 14.2. The number of nitrogens with zero attached hydrogens (tertiary/aromatic N) is 5. The van der Waals surface area contributed by atoms with Gasteiger partial charge in [0.2, 0.25) is 0 Å². The molecule has 0 saturated carbocycles. The molecule has 6 nitrogen and oxygen atoms in total. The van der Waals surface area contributed by atoms with Gasteiger partial charge in [0.1, 0.15) is 5.82 Å². The van der Waals surface area contributed by atoms with E-state index in [0.29, 0.717) is 6.54 Å². The summed E-state index contributed by atoms with van der Waals surface area (Å²) in [5.74, 6) is 1.98. The molecule has 156 valence electrons. The fraction of sp³-hybridized carbons (Fsp3) is 0.240. The lowest BCUT2D eigenvalue weighted by Crippen LogP contribution is -2.47. The molecule has 0 amide bonds. The molecule has 2 aromatic carbocycles. The van der Waals surface area contributed by atoms with Crippen molar-refractivity contribution in [1.82, 2.24) is 15.2 Å². The molecule has 0 unspecified atom stereocenters. The van der Waals surface area contributed by atoms with Crippen LogP contribution in [0.1, 0.15) is 16.8 Å². The van der Waals surface area contributed by atoms with E-state index >= 15 is 0 Å². The van der Waals surface area contributed by atoms with Crippen molar-refractivity contribution in [3.05, 3.63) is 89.7 Å². The van der Waals surface area contributed by atoms with Gasteiger partial charge in [-0.2, -0.15) is 5.10 Å². The molecule has 2 aromatic heterocycles. The minimum Gasteiger partial charge on any atom is -0.353 e. The van der Waals surface area contributed by atoms with Gasteiger partial charge in [-0.15, -0.1) is 5.10 Å². The first-order valence-electron chi connectivity index (χ1n) is 10.7. The number of rotatable bonds is 5. The largest absolute Gasteiger partial charge is 0.353 e. The second-order valence-corrected chi connectivity index (χ2v) is 7.88. The third-order valence-corrected chi connectivity index (χ3v) is 5.91. The van der Waals surface area contributed by atoms with Gasteiger partial charge in [-0.25, -0.2) is 4.98 Å². The lowest BCUT2D eigenvalue weighted by Gasteiger charge is -2.36. The fourth-order valence-electron chi connectivity index (χ4n) is 4.17. The summed E-state index contributed by atoms with van der Waals surface area (Å²) in [6.45, 7) is 4.09. The van der Waals surface area contributed by atoms with Crippen molar-refractivity contribution in [3.63, 3.8) is 0 Å². The van der Waals surface area contributed by atoms with E-state index in [0.717, 1.165) is 55.5 Å². The molecule has 0 radical (unpaired) electrons. The van der Waals surface area contributed by atoms with Gasteiger partial charge < -0.3 is 15.5 Å². The zero-order valence-electron chi connectivity index (χ0n) is 17.5. The Morgan fingerprint density at radius 3 is 2.13 bits per heavy atom. The summed E-state index contributed by atoms with van der Waals surface area (Å²) < 4.78 is 0. The molecule has 6 heteroatoms. The molecule has 1 saturated heterocycles. The lowest BCUT2D eigenvalue weighted by atomic mass is 10.0. The van der Waals surface area contributed by atoms with E-state index in [2.05, 4.69) is 85.6 Å². The van der Waals surface area contributed by atoms with Gasteiger partial charge >= 0.3 is 0 Å². The van der Waals surface area contributed by atoms with Gasteiger partial charge in [0, 0.05) is 56.1 Å². The predicted molar refractivity (Wildman–Crippen MR) is 125 cm³/mol. The summed E-state index contributed by atoms with van der Waals surface area (Å²) in [5, 5.41) is 11.7. The number of piperazine rings is 1. The molecule has 3 heterocycles. The number of anilines is 2. The smallest absolute Gasteiger partial charge is 0.159 e. The van der Waals surface area contributed by atoms with Crippen LogP contribution >= 0.6 is 0 Å². The Morgan fingerprint density at radius 2 is 1.42 bits per heavy atom. The standard InChI is InChI=1S/C25H26N6/c26-17-20-10-11-24(27-18-20)30-12-14-31(15-13-30)25-22-9-5-4-8-21(22)23(28-29-25)16-19-6-2-1-3-7-19/h1-11,18H,12-17,26H2. The lowest BCUT2D eigenvalue weighted by molar-refractivity contribution is 0.639. The Hall–Kier alpha value is -3.51. The number of benzene rings is 2. The third kappa shape index (κ3) is 4.07. The molecular weight excluding hydrogens is 384 g/mol.